The first kappa shape index (κ1) is 17.2. The number of rotatable bonds is 4. The summed E-state index contributed by atoms with van der Waals surface area (Å²) in [6.07, 6.45) is 1.47. The van der Waals surface area contributed by atoms with E-state index >= 15 is 0 Å². The first-order valence-electron chi connectivity index (χ1n) is 8.62. The molecule has 0 saturated carbocycles. The van der Waals surface area contributed by atoms with Crippen LogP contribution in [0.25, 0.3) is 0 Å². The van der Waals surface area contributed by atoms with E-state index in [4.69, 9.17) is 4.74 Å². The van der Waals surface area contributed by atoms with E-state index in [1.807, 2.05) is 13.8 Å². The molecule has 1 N–H and O–H groups in total. The van der Waals surface area contributed by atoms with Gasteiger partial charge in [0.15, 0.2) is 5.82 Å². The minimum Gasteiger partial charge on any atom is -0.457 e. The molecule has 9 heteroatoms. The number of cyclic esters (lactones) is 1. The first-order valence-corrected chi connectivity index (χ1v) is 10.1. The highest BCUT2D eigenvalue weighted by molar-refractivity contribution is 7.89. The van der Waals surface area contributed by atoms with E-state index in [0.717, 1.165) is 13.0 Å². The SMILES string of the molecule is CC(C)c1nc2n(n1)CCC[C@H]2NS(=O)(=O)c1ccc2c(c1)C(=O)OC2. The number of esters is 1. The van der Waals surface area contributed by atoms with Gasteiger partial charge in [0.2, 0.25) is 10.0 Å². The van der Waals surface area contributed by atoms with Gasteiger partial charge in [-0.05, 0) is 25.0 Å². The molecule has 0 unspecified atom stereocenters. The first-order chi connectivity index (χ1) is 12.3. The van der Waals surface area contributed by atoms with Crippen LogP contribution >= 0.6 is 0 Å². The minimum atomic E-state index is -3.80. The molecule has 0 amide bonds. The summed E-state index contributed by atoms with van der Waals surface area (Å²) in [6.45, 7) is 4.93. The fraction of sp³-hybridized carbons (Fsp3) is 0.471. The van der Waals surface area contributed by atoms with Crippen LogP contribution in [0.4, 0.5) is 0 Å². The molecular formula is C17H20N4O4S. The Balaban J connectivity index is 1.64. The van der Waals surface area contributed by atoms with Crippen LogP contribution in [-0.2, 0) is 27.9 Å². The van der Waals surface area contributed by atoms with Gasteiger partial charge in [0.05, 0.1) is 16.5 Å². The van der Waals surface area contributed by atoms with E-state index < -0.39 is 22.0 Å². The quantitative estimate of drug-likeness (QED) is 0.817. The summed E-state index contributed by atoms with van der Waals surface area (Å²) in [5.41, 5.74) is 1.01. The van der Waals surface area contributed by atoms with E-state index in [1.165, 1.54) is 12.1 Å². The molecule has 1 aromatic carbocycles. The van der Waals surface area contributed by atoms with Crippen molar-refractivity contribution >= 4 is 16.0 Å². The number of aromatic nitrogens is 3. The second-order valence-corrected chi connectivity index (χ2v) is 8.63. The molecule has 1 atom stereocenters. The zero-order valence-electron chi connectivity index (χ0n) is 14.6. The molecule has 2 aliphatic heterocycles. The van der Waals surface area contributed by atoms with Gasteiger partial charge in [0.25, 0.3) is 0 Å². The third-order valence-corrected chi connectivity index (χ3v) is 6.14. The zero-order valence-corrected chi connectivity index (χ0v) is 15.4. The van der Waals surface area contributed by atoms with E-state index in [9.17, 15) is 13.2 Å². The topological polar surface area (TPSA) is 103 Å². The molecule has 0 spiro atoms. The Kier molecular flexibility index (Phi) is 4.07. The third-order valence-electron chi connectivity index (χ3n) is 4.68. The Morgan fingerprint density at radius 3 is 2.92 bits per heavy atom. The Hall–Kier alpha value is -2.26. The lowest BCUT2D eigenvalue weighted by molar-refractivity contribution is 0.0535. The van der Waals surface area contributed by atoms with Crippen molar-refractivity contribution in [2.45, 2.75) is 56.7 Å². The van der Waals surface area contributed by atoms with Crippen LogP contribution in [-0.4, -0.2) is 29.2 Å². The number of nitrogens with one attached hydrogen (secondary N) is 1. The molecule has 0 fully saturated rings. The van der Waals surface area contributed by atoms with Gasteiger partial charge < -0.3 is 4.74 Å². The van der Waals surface area contributed by atoms with Crippen molar-refractivity contribution in [3.8, 4) is 0 Å². The van der Waals surface area contributed by atoms with Gasteiger partial charge in [-0.2, -0.15) is 5.10 Å². The lowest BCUT2D eigenvalue weighted by Crippen LogP contribution is -2.33. The Morgan fingerprint density at radius 2 is 2.15 bits per heavy atom. The fourth-order valence-electron chi connectivity index (χ4n) is 3.24. The van der Waals surface area contributed by atoms with Gasteiger partial charge in [-0.15, -0.1) is 0 Å². The van der Waals surface area contributed by atoms with E-state index in [1.54, 1.807) is 10.7 Å². The van der Waals surface area contributed by atoms with Crippen LogP contribution in [0.15, 0.2) is 23.1 Å². The number of hydrogen-bond acceptors (Lipinski definition) is 6. The van der Waals surface area contributed by atoms with Crippen LogP contribution in [0.3, 0.4) is 0 Å². The Morgan fingerprint density at radius 1 is 1.35 bits per heavy atom. The highest BCUT2D eigenvalue weighted by Gasteiger charge is 2.31. The summed E-state index contributed by atoms with van der Waals surface area (Å²) in [5, 5.41) is 4.47. The van der Waals surface area contributed by atoms with E-state index in [-0.39, 0.29) is 17.4 Å². The van der Waals surface area contributed by atoms with Gasteiger partial charge >= 0.3 is 5.97 Å². The van der Waals surface area contributed by atoms with Gasteiger partial charge in [0, 0.05) is 18.0 Å². The molecule has 2 aromatic rings. The Labute approximate surface area is 151 Å². The van der Waals surface area contributed by atoms with Gasteiger partial charge in [-0.3, -0.25) is 0 Å². The molecule has 2 aliphatic rings. The number of nitrogens with zero attached hydrogens (tertiary/aromatic N) is 3. The molecule has 0 aliphatic carbocycles. The third kappa shape index (κ3) is 2.90. The highest BCUT2D eigenvalue weighted by Crippen LogP contribution is 2.28. The van der Waals surface area contributed by atoms with Crippen LogP contribution in [0.2, 0.25) is 0 Å². The molecule has 138 valence electrons. The lowest BCUT2D eigenvalue weighted by atomic mass is 10.1. The molecular weight excluding hydrogens is 356 g/mol. The number of carbonyl (C=O) groups is 1. The van der Waals surface area contributed by atoms with E-state index in [0.29, 0.717) is 29.2 Å². The second-order valence-electron chi connectivity index (χ2n) is 6.92. The van der Waals surface area contributed by atoms with Crippen molar-refractivity contribution in [1.29, 1.82) is 0 Å². The molecule has 0 bridgehead atoms. The van der Waals surface area contributed by atoms with E-state index in [2.05, 4.69) is 14.8 Å². The summed E-state index contributed by atoms with van der Waals surface area (Å²) in [4.78, 5) is 16.3. The fourth-order valence-corrected chi connectivity index (χ4v) is 4.49. The Bertz CT molecular complexity index is 981. The van der Waals surface area contributed by atoms with Gasteiger partial charge in [-0.25, -0.2) is 27.6 Å². The maximum atomic E-state index is 12.8. The smallest absolute Gasteiger partial charge is 0.338 e. The van der Waals surface area contributed by atoms with Gasteiger partial charge in [-0.1, -0.05) is 19.9 Å². The zero-order chi connectivity index (χ0) is 18.5. The number of carbonyl (C=O) groups excluding carboxylic acids is 1. The maximum absolute atomic E-state index is 12.8. The summed E-state index contributed by atoms with van der Waals surface area (Å²) in [7, 11) is -3.80. The predicted octanol–water partition coefficient (Wildman–Crippen LogP) is 1.89. The summed E-state index contributed by atoms with van der Waals surface area (Å²) in [5.74, 6) is 1.04. The number of sulfonamides is 1. The van der Waals surface area contributed by atoms with Crippen LogP contribution in [0.1, 0.15) is 66.2 Å². The summed E-state index contributed by atoms with van der Waals surface area (Å²) in [6, 6.07) is 4.06. The van der Waals surface area contributed by atoms with Crippen molar-refractivity contribution in [3.63, 3.8) is 0 Å². The van der Waals surface area contributed by atoms with Crippen molar-refractivity contribution in [1.82, 2.24) is 19.5 Å². The normalized spacial score (nSPS) is 19.3. The largest absolute Gasteiger partial charge is 0.457 e. The maximum Gasteiger partial charge on any atom is 0.338 e. The van der Waals surface area contributed by atoms with Crippen molar-refractivity contribution in [2.75, 3.05) is 0 Å². The number of ether oxygens (including phenoxy) is 1. The molecule has 0 radical (unpaired) electrons. The van der Waals surface area contributed by atoms with Crippen molar-refractivity contribution in [3.05, 3.63) is 41.0 Å². The van der Waals surface area contributed by atoms with Crippen LogP contribution < -0.4 is 4.72 Å². The lowest BCUT2D eigenvalue weighted by Gasteiger charge is -2.23. The van der Waals surface area contributed by atoms with Gasteiger partial charge in [0.1, 0.15) is 12.4 Å². The number of hydrogen-bond donors (Lipinski definition) is 1. The molecule has 3 heterocycles. The second kappa shape index (κ2) is 6.17. The van der Waals surface area contributed by atoms with Crippen LogP contribution in [0, 0.1) is 0 Å². The standard InChI is InChI=1S/C17H20N4O4S/c1-10(2)15-18-16-14(4-3-7-21(16)19-15)20-26(23,24)12-6-5-11-9-25-17(22)13(11)8-12/h5-6,8,10,14,20H,3-4,7,9H2,1-2H3/t14-/m1/s1. The number of aryl methyl sites for hydroxylation is 1. The van der Waals surface area contributed by atoms with Crippen molar-refractivity contribution < 1.29 is 17.9 Å². The summed E-state index contributed by atoms with van der Waals surface area (Å²) >= 11 is 0. The highest BCUT2D eigenvalue weighted by atomic mass is 32.2. The molecule has 1 aromatic heterocycles. The average molecular weight is 376 g/mol. The van der Waals surface area contributed by atoms with Crippen molar-refractivity contribution in [2.24, 2.45) is 0 Å². The molecule has 26 heavy (non-hydrogen) atoms. The number of fused-ring (bicyclic) bond motifs is 2. The monoisotopic (exact) mass is 376 g/mol. The van der Waals surface area contributed by atoms with Crippen LogP contribution in [0.5, 0.6) is 0 Å². The average Bonchev–Trinajstić information content (AvgIpc) is 3.19. The predicted molar refractivity (Wildman–Crippen MR) is 92.0 cm³/mol. The molecule has 0 saturated heterocycles. The molecule has 4 rings (SSSR count). The molecule has 8 nitrogen and oxygen atoms in total. The number of benzene rings is 1. The summed E-state index contributed by atoms with van der Waals surface area (Å²) < 4.78 is 35.1. The minimum absolute atomic E-state index is 0.0517.